The fourth-order valence-corrected chi connectivity index (χ4v) is 6.82. The van der Waals surface area contributed by atoms with Gasteiger partial charge in [0.15, 0.2) is 38.8 Å². The molecule has 2 aromatic heterocycles. The maximum Gasteiger partial charge on any atom is 0.395 e. The molecule has 250 valence electrons. The van der Waals surface area contributed by atoms with Crippen molar-refractivity contribution < 1.29 is 39.0 Å². The Morgan fingerprint density at radius 2 is 1.92 bits per heavy atom. The molecule has 1 aliphatic rings. The highest BCUT2D eigenvalue weighted by Gasteiger charge is 2.54. The molecule has 0 amide bonds. The van der Waals surface area contributed by atoms with Gasteiger partial charge in [0, 0.05) is 34.5 Å². The van der Waals surface area contributed by atoms with E-state index in [1.807, 2.05) is 65.1 Å². The zero-order valence-corrected chi connectivity index (χ0v) is 28.6. The van der Waals surface area contributed by atoms with E-state index in [0.29, 0.717) is 27.1 Å². The number of rotatable bonds is 11. The molecule has 0 bridgehead atoms. The lowest BCUT2D eigenvalue weighted by atomic mass is 9.96. The number of nitrogens with one attached hydrogen (secondary N) is 1. The van der Waals surface area contributed by atoms with Crippen molar-refractivity contribution in [2.75, 3.05) is 17.7 Å². The number of hydrogen-bond donors (Lipinski definition) is 5. The first kappa shape index (κ1) is 33.7. The van der Waals surface area contributed by atoms with E-state index >= 15 is 0 Å². The predicted octanol–water partition coefficient (Wildman–Crippen LogP) is 3.57. The molecule has 6 rings (SSSR count). The standard InChI is InChI=1S/C31H31IN7O8P/c1-16(27(41)42)38-48(44)47-23-19-11-7-6-10-18(19)12-13-20(23)45-15-21-24(40)31(2,43)28(46-21)39-26-22(35-29(39)32)25(36-30(33)37-26)34-14-17-8-4-3-5-9-17/h3-13,16,21,24,28,40,43H,14-15H2,1-2H3,(H,41,42)(H3,33,34,36,37)/t16?,21-,24-,28-,31-/m1/s1. The van der Waals surface area contributed by atoms with E-state index in [2.05, 4.69) is 25.0 Å². The number of nitrogens with two attached hydrogens (primary N) is 1. The van der Waals surface area contributed by atoms with Crippen LogP contribution in [0.3, 0.4) is 0 Å². The summed E-state index contributed by atoms with van der Waals surface area (Å²) in [7, 11) is -2.78. The molecule has 1 saturated heterocycles. The van der Waals surface area contributed by atoms with Crippen LogP contribution in [0.4, 0.5) is 11.8 Å². The molecule has 1 fully saturated rings. The van der Waals surface area contributed by atoms with Crippen LogP contribution in [0, 0.1) is 3.83 Å². The maximum absolute atomic E-state index is 12.7. The third-order valence-corrected chi connectivity index (χ3v) is 9.48. The average molecular weight is 788 g/mol. The fraction of sp³-hybridized carbons (Fsp3) is 0.290. The lowest BCUT2D eigenvalue weighted by molar-refractivity contribution is -0.169. The van der Waals surface area contributed by atoms with Gasteiger partial charge in [0.25, 0.3) is 0 Å². The topological polar surface area (TPSA) is 223 Å². The summed E-state index contributed by atoms with van der Waals surface area (Å²) in [5.41, 5.74) is 5.95. The minimum Gasteiger partial charge on any atom is -0.575 e. The molecule has 3 heterocycles. The van der Waals surface area contributed by atoms with Crippen LogP contribution < -0.4 is 25.2 Å². The second-order valence-corrected chi connectivity index (χ2v) is 13.1. The number of aliphatic carboxylic acids is 1. The summed E-state index contributed by atoms with van der Waals surface area (Å²) in [6.07, 6.45) is -3.65. The Morgan fingerprint density at radius 1 is 1.19 bits per heavy atom. The van der Waals surface area contributed by atoms with Crippen molar-refractivity contribution in [3.05, 3.63) is 76.1 Å². The van der Waals surface area contributed by atoms with E-state index < -0.39 is 44.2 Å². The van der Waals surface area contributed by atoms with Crippen molar-refractivity contribution in [3.63, 3.8) is 0 Å². The average Bonchev–Trinajstić information content (AvgIpc) is 3.50. The minimum atomic E-state index is -2.78. The Morgan fingerprint density at radius 3 is 2.67 bits per heavy atom. The van der Waals surface area contributed by atoms with E-state index in [1.165, 1.54) is 13.8 Å². The van der Waals surface area contributed by atoms with Gasteiger partial charge in [-0.3, -0.25) is 9.09 Å². The Balaban J connectivity index is 1.27. The van der Waals surface area contributed by atoms with E-state index in [0.717, 1.165) is 10.9 Å². The second kappa shape index (κ2) is 13.7. The van der Waals surface area contributed by atoms with Crippen molar-refractivity contribution in [2.24, 2.45) is 4.74 Å². The van der Waals surface area contributed by atoms with Gasteiger partial charge in [0.05, 0.1) is 0 Å². The lowest BCUT2D eigenvalue weighted by Gasteiger charge is -2.27. The van der Waals surface area contributed by atoms with Gasteiger partial charge < -0.3 is 40.7 Å². The summed E-state index contributed by atoms with van der Waals surface area (Å²) >= 11 is 1.99. The lowest BCUT2D eigenvalue weighted by Crippen LogP contribution is -2.45. The van der Waals surface area contributed by atoms with Crippen molar-refractivity contribution in [2.45, 2.75) is 50.5 Å². The largest absolute Gasteiger partial charge is 0.575 e. The van der Waals surface area contributed by atoms with Crippen molar-refractivity contribution in [1.29, 1.82) is 0 Å². The summed E-state index contributed by atoms with van der Waals surface area (Å²) in [6, 6.07) is 18.9. The van der Waals surface area contributed by atoms with Crippen molar-refractivity contribution in [1.82, 2.24) is 19.5 Å². The molecule has 2 unspecified atom stereocenters. The number of ether oxygens (including phenoxy) is 2. The van der Waals surface area contributed by atoms with Gasteiger partial charge in [0.2, 0.25) is 11.7 Å². The van der Waals surface area contributed by atoms with E-state index in [9.17, 15) is 25.0 Å². The fourth-order valence-electron chi connectivity index (χ4n) is 5.33. The third kappa shape index (κ3) is 6.72. The molecule has 0 radical (unpaired) electrons. The van der Waals surface area contributed by atoms with E-state index in [4.69, 9.17) is 19.7 Å². The number of aromatic nitrogens is 4. The smallest absolute Gasteiger partial charge is 0.395 e. The number of benzene rings is 3. The molecule has 5 aromatic rings. The first-order valence-corrected chi connectivity index (χ1v) is 16.9. The number of anilines is 2. The number of carbonyl (C=O) groups is 1. The Bertz CT molecular complexity index is 2010. The van der Waals surface area contributed by atoms with Gasteiger partial charge in [-0.05, 0) is 30.9 Å². The number of aliphatic hydroxyl groups is 2. The van der Waals surface area contributed by atoms with Gasteiger partial charge in [-0.15, -0.1) is 0 Å². The molecule has 15 nitrogen and oxygen atoms in total. The number of halogens is 1. The number of hydrogen-bond acceptors (Lipinski definition) is 13. The summed E-state index contributed by atoms with van der Waals surface area (Å²) < 4.78 is 23.6. The number of imidazole rings is 1. The van der Waals surface area contributed by atoms with E-state index in [-0.39, 0.29) is 29.7 Å². The molecule has 1 aliphatic heterocycles. The molecule has 6 atom stereocenters. The zero-order valence-electron chi connectivity index (χ0n) is 25.6. The van der Waals surface area contributed by atoms with Crippen LogP contribution in [0.2, 0.25) is 0 Å². The number of carboxylic acids is 1. The Labute approximate surface area is 288 Å². The highest BCUT2D eigenvalue weighted by molar-refractivity contribution is 14.1. The van der Waals surface area contributed by atoms with Gasteiger partial charge in [-0.2, -0.15) is 9.97 Å². The highest BCUT2D eigenvalue weighted by Crippen LogP contribution is 2.43. The summed E-state index contributed by atoms with van der Waals surface area (Å²) in [5, 5.41) is 36.6. The summed E-state index contributed by atoms with van der Waals surface area (Å²) in [6.45, 7) is 2.91. The van der Waals surface area contributed by atoms with Gasteiger partial charge in [0.1, 0.15) is 24.4 Å². The Kier molecular flexibility index (Phi) is 9.64. The molecule has 48 heavy (non-hydrogen) atoms. The highest BCUT2D eigenvalue weighted by atomic mass is 127. The van der Waals surface area contributed by atoms with Crippen LogP contribution in [0.25, 0.3) is 21.9 Å². The van der Waals surface area contributed by atoms with Crippen LogP contribution in [0.15, 0.2) is 71.5 Å². The van der Waals surface area contributed by atoms with Crippen LogP contribution in [0.1, 0.15) is 25.6 Å². The zero-order chi connectivity index (χ0) is 34.2. The molecular formula is C31H31IN7O8P. The number of nitrogens with zero attached hydrogens (tertiary/aromatic N) is 5. The van der Waals surface area contributed by atoms with Crippen molar-refractivity contribution >= 4 is 70.4 Å². The monoisotopic (exact) mass is 787 g/mol. The first-order valence-electron chi connectivity index (χ1n) is 14.7. The summed E-state index contributed by atoms with van der Waals surface area (Å²) in [4.78, 5) is 37.3. The third-order valence-electron chi connectivity index (χ3n) is 7.85. The molecule has 0 spiro atoms. The SMILES string of the molecule is CC(/N=[P+](\[O-])Oc1c(OC[C@H]2O[C@@H](n3c(I)nc4c(NCc5ccccc5)nc(N)nc43)[C@](C)(O)[C@@H]2O)ccc2ccccc12)C(=O)O. The van der Waals surface area contributed by atoms with Crippen molar-refractivity contribution in [3.8, 4) is 11.5 Å². The number of fused-ring (bicyclic) bond motifs is 2. The number of carboxylic acid groups (broad SMARTS) is 1. The van der Waals surface area contributed by atoms with Crippen LogP contribution in [0.5, 0.6) is 11.5 Å². The molecule has 3 aromatic carbocycles. The first-order chi connectivity index (χ1) is 22.9. The Hall–Kier alpha value is -4.19. The number of nitrogen functional groups attached to an aromatic ring is 1. The summed E-state index contributed by atoms with van der Waals surface area (Å²) in [5.74, 6) is -0.668. The van der Waals surface area contributed by atoms with Crippen LogP contribution in [-0.2, 0) is 16.1 Å². The predicted molar refractivity (Wildman–Crippen MR) is 183 cm³/mol. The molecule has 0 saturated carbocycles. The normalized spacial score (nSPS) is 21.8. The van der Waals surface area contributed by atoms with Crippen LogP contribution >= 0.6 is 30.8 Å². The quantitative estimate of drug-likeness (QED) is 0.0735. The maximum atomic E-state index is 12.7. The van der Waals surface area contributed by atoms with Crippen LogP contribution in [-0.4, -0.2) is 71.3 Å². The van der Waals surface area contributed by atoms with E-state index in [1.54, 1.807) is 28.8 Å². The second-order valence-electron chi connectivity index (χ2n) is 11.3. The molecule has 6 N–H and O–H groups in total. The van der Waals surface area contributed by atoms with Gasteiger partial charge in [-0.1, -0.05) is 65.4 Å². The van der Waals surface area contributed by atoms with Gasteiger partial charge >= 0.3 is 14.1 Å². The van der Waals surface area contributed by atoms with Gasteiger partial charge in [-0.25, -0.2) is 9.78 Å². The molecular weight excluding hydrogens is 756 g/mol. The number of aliphatic hydroxyl groups excluding tert-OH is 1. The minimum absolute atomic E-state index is 0.0275. The molecule has 0 aliphatic carbocycles. The molecule has 17 heteroatoms.